The maximum absolute atomic E-state index is 11.7. The Kier molecular flexibility index (Phi) is 3.46. The molecule has 2 rings (SSSR count). The Morgan fingerprint density at radius 1 is 1.42 bits per heavy atom. The first-order valence-corrected chi connectivity index (χ1v) is 7.73. The van der Waals surface area contributed by atoms with Gasteiger partial charge in [-0.3, -0.25) is 14.3 Å². The van der Waals surface area contributed by atoms with Gasteiger partial charge in [0.05, 0.1) is 5.39 Å². The Hall–Kier alpha value is -1.67. The van der Waals surface area contributed by atoms with Crippen molar-refractivity contribution in [2.45, 2.75) is 24.8 Å². The molecule has 2 aromatic heterocycles. The molecule has 0 spiro atoms. The van der Waals surface area contributed by atoms with E-state index in [2.05, 4.69) is 9.97 Å². The molecule has 0 amide bonds. The normalized spacial score (nSPS) is 11.9. The van der Waals surface area contributed by atoms with Crippen LogP contribution in [0, 0.1) is 0 Å². The molecule has 102 valence electrons. The van der Waals surface area contributed by atoms with Gasteiger partial charge in [-0.05, 0) is 12.5 Å². The number of H-pyrrole nitrogens is 1. The van der Waals surface area contributed by atoms with E-state index in [9.17, 15) is 18.0 Å². The van der Waals surface area contributed by atoms with E-state index >= 15 is 0 Å². The number of nitrogens with one attached hydrogen (secondary N) is 1. The number of fused-ring (bicyclic) bond motifs is 1. The molecule has 9 heteroatoms. The number of halogens is 1. The molecule has 0 radical (unpaired) electrons. The molecule has 2 heterocycles. The Morgan fingerprint density at radius 3 is 2.68 bits per heavy atom. The minimum Gasteiger partial charge on any atom is -0.278 e. The predicted molar refractivity (Wildman–Crippen MR) is 70.0 cm³/mol. The lowest BCUT2D eigenvalue weighted by Crippen LogP contribution is -2.31. The summed E-state index contributed by atoms with van der Waals surface area (Å²) in [4.78, 5) is 29.0. The largest absolute Gasteiger partial charge is 0.329 e. The van der Waals surface area contributed by atoms with Crippen LogP contribution in [0.25, 0.3) is 11.0 Å². The molecule has 7 nitrogen and oxygen atoms in total. The fraction of sp³-hybridized carbons (Fsp3) is 0.300. The third-order valence-electron chi connectivity index (χ3n) is 2.54. The first-order valence-electron chi connectivity index (χ1n) is 5.42. The molecule has 0 saturated heterocycles. The highest BCUT2D eigenvalue weighted by Gasteiger charge is 2.15. The van der Waals surface area contributed by atoms with E-state index in [1.165, 1.54) is 4.57 Å². The van der Waals surface area contributed by atoms with Crippen molar-refractivity contribution >= 4 is 30.8 Å². The van der Waals surface area contributed by atoms with Gasteiger partial charge in [-0.15, -0.1) is 0 Å². The maximum atomic E-state index is 11.7. The van der Waals surface area contributed by atoms with E-state index in [0.29, 0.717) is 13.0 Å². The molecule has 19 heavy (non-hydrogen) atoms. The van der Waals surface area contributed by atoms with Gasteiger partial charge < -0.3 is 0 Å². The van der Waals surface area contributed by atoms with Crippen molar-refractivity contribution in [2.75, 3.05) is 0 Å². The number of aromatic amines is 1. The number of aromatic nitrogens is 3. The fourth-order valence-electron chi connectivity index (χ4n) is 1.71. The standard InChI is InChI=1S/C10H10ClN3O4S/c1-2-3-14-8-7(9(15)13-10(14)16)4-6(5-12-8)19(11,17)18/h4-5H,2-3H2,1H3,(H,13,15,16). The van der Waals surface area contributed by atoms with Gasteiger partial charge in [0.15, 0.2) is 0 Å². The summed E-state index contributed by atoms with van der Waals surface area (Å²) in [6.07, 6.45) is 1.69. The van der Waals surface area contributed by atoms with Crippen molar-refractivity contribution in [2.24, 2.45) is 0 Å². The molecule has 0 unspecified atom stereocenters. The van der Waals surface area contributed by atoms with Gasteiger partial charge in [-0.25, -0.2) is 18.2 Å². The third-order valence-corrected chi connectivity index (χ3v) is 3.86. The van der Waals surface area contributed by atoms with Crippen molar-refractivity contribution in [3.8, 4) is 0 Å². The summed E-state index contributed by atoms with van der Waals surface area (Å²) < 4.78 is 23.7. The molecule has 0 atom stereocenters. The number of nitrogens with zero attached hydrogens (tertiary/aromatic N) is 2. The highest BCUT2D eigenvalue weighted by atomic mass is 35.7. The number of aryl methyl sites for hydroxylation is 1. The van der Waals surface area contributed by atoms with Gasteiger partial charge in [-0.2, -0.15) is 0 Å². The fourth-order valence-corrected chi connectivity index (χ4v) is 2.40. The summed E-state index contributed by atoms with van der Waals surface area (Å²) in [5, 5.41) is 0.00905. The minimum atomic E-state index is -3.98. The summed E-state index contributed by atoms with van der Waals surface area (Å²) >= 11 is 0. The van der Waals surface area contributed by atoms with Gasteiger partial charge in [0.25, 0.3) is 14.6 Å². The van der Waals surface area contributed by atoms with E-state index < -0.39 is 20.3 Å². The van der Waals surface area contributed by atoms with Gasteiger partial charge in [0.2, 0.25) is 0 Å². The number of pyridine rings is 1. The van der Waals surface area contributed by atoms with Gasteiger partial charge in [-0.1, -0.05) is 6.92 Å². The summed E-state index contributed by atoms with van der Waals surface area (Å²) in [5.74, 6) is 0. The second-order valence-corrected chi connectivity index (χ2v) is 6.46. The lowest BCUT2D eigenvalue weighted by molar-refractivity contribution is 0.609. The van der Waals surface area contributed by atoms with E-state index in [1.54, 1.807) is 0 Å². The predicted octanol–water partition coefficient (Wildman–Crippen LogP) is 0.422. The molecular formula is C10H10ClN3O4S. The van der Waals surface area contributed by atoms with Crippen molar-refractivity contribution in [3.63, 3.8) is 0 Å². The zero-order valence-electron chi connectivity index (χ0n) is 9.88. The Labute approximate surface area is 112 Å². The van der Waals surface area contributed by atoms with E-state index in [1.807, 2.05) is 6.92 Å². The van der Waals surface area contributed by atoms with Crippen molar-refractivity contribution in [1.29, 1.82) is 0 Å². The van der Waals surface area contributed by atoms with E-state index in [0.717, 1.165) is 12.3 Å². The molecule has 0 bridgehead atoms. The van der Waals surface area contributed by atoms with Crippen LogP contribution in [0.2, 0.25) is 0 Å². The second-order valence-electron chi connectivity index (χ2n) is 3.89. The first kappa shape index (κ1) is 13.8. The SMILES string of the molecule is CCCn1c(=O)[nH]c(=O)c2cc(S(=O)(=O)Cl)cnc21. The molecule has 0 fully saturated rings. The first-order chi connectivity index (χ1) is 8.84. The highest BCUT2D eigenvalue weighted by molar-refractivity contribution is 8.13. The summed E-state index contributed by atoms with van der Waals surface area (Å²) in [5.41, 5.74) is -1.13. The van der Waals surface area contributed by atoms with E-state index in [4.69, 9.17) is 10.7 Å². The molecule has 0 aliphatic carbocycles. The van der Waals surface area contributed by atoms with Gasteiger partial charge >= 0.3 is 5.69 Å². The maximum Gasteiger partial charge on any atom is 0.329 e. The number of hydrogen-bond donors (Lipinski definition) is 1. The number of rotatable bonds is 3. The topological polar surface area (TPSA) is 102 Å². The second kappa shape index (κ2) is 4.78. The van der Waals surface area contributed by atoms with Crippen LogP contribution in [0.4, 0.5) is 0 Å². The molecule has 0 aliphatic heterocycles. The Morgan fingerprint density at radius 2 is 2.11 bits per heavy atom. The van der Waals surface area contributed by atoms with Crippen molar-refractivity contribution in [1.82, 2.24) is 14.5 Å². The highest BCUT2D eigenvalue weighted by Crippen LogP contribution is 2.16. The summed E-state index contributed by atoms with van der Waals surface area (Å²) in [6, 6.07) is 1.11. The summed E-state index contributed by atoms with van der Waals surface area (Å²) in [6.45, 7) is 2.23. The van der Waals surface area contributed by atoms with Crippen LogP contribution in [-0.2, 0) is 15.6 Å². The van der Waals surface area contributed by atoms with Crippen molar-refractivity contribution in [3.05, 3.63) is 33.1 Å². The monoisotopic (exact) mass is 303 g/mol. The van der Waals surface area contributed by atoms with Crippen LogP contribution < -0.4 is 11.2 Å². The molecule has 0 aliphatic rings. The van der Waals surface area contributed by atoms with Crippen LogP contribution >= 0.6 is 10.7 Å². The lowest BCUT2D eigenvalue weighted by atomic mass is 10.3. The number of hydrogen-bond acceptors (Lipinski definition) is 5. The summed E-state index contributed by atoms with van der Waals surface area (Å²) in [7, 11) is 1.22. The minimum absolute atomic E-state index is 0.00905. The quantitative estimate of drug-likeness (QED) is 0.828. The Balaban J connectivity index is 2.89. The molecule has 0 aromatic carbocycles. The zero-order valence-corrected chi connectivity index (χ0v) is 11.5. The van der Waals surface area contributed by atoms with Crippen LogP contribution in [0.5, 0.6) is 0 Å². The molecule has 1 N–H and O–H groups in total. The van der Waals surface area contributed by atoms with Crippen LogP contribution in [0.15, 0.2) is 26.7 Å². The smallest absolute Gasteiger partial charge is 0.278 e. The molecule has 0 saturated carbocycles. The van der Waals surface area contributed by atoms with Crippen LogP contribution in [0.3, 0.4) is 0 Å². The van der Waals surface area contributed by atoms with Gasteiger partial charge in [0.1, 0.15) is 10.5 Å². The van der Waals surface area contributed by atoms with Crippen LogP contribution in [0.1, 0.15) is 13.3 Å². The van der Waals surface area contributed by atoms with E-state index in [-0.39, 0.29) is 15.9 Å². The van der Waals surface area contributed by atoms with Gasteiger partial charge in [0, 0.05) is 23.4 Å². The Bertz CT molecular complexity index is 853. The lowest BCUT2D eigenvalue weighted by Gasteiger charge is -2.07. The average Bonchev–Trinajstić information content (AvgIpc) is 2.32. The van der Waals surface area contributed by atoms with Crippen molar-refractivity contribution < 1.29 is 8.42 Å². The zero-order chi connectivity index (χ0) is 14.2. The molecular weight excluding hydrogens is 294 g/mol. The third kappa shape index (κ3) is 2.54. The molecule has 2 aromatic rings. The average molecular weight is 304 g/mol. The van der Waals surface area contributed by atoms with Crippen LogP contribution in [-0.4, -0.2) is 23.0 Å².